The summed E-state index contributed by atoms with van der Waals surface area (Å²) >= 11 is 0. The molecule has 0 saturated heterocycles. The summed E-state index contributed by atoms with van der Waals surface area (Å²) in [4.78, 5) is 24.1. The summed E-state index contributed by atoms with van der Waals surface area (Å²) in [6, 6.07) is 14.7. The standard InChI is InChI=1S/C20H20N4O3/c1-24-13-14(15-7-3-5-9-17(15)24)11-22-23-19(25)12-21-20(26)16-8-4-6-10-18(16)27-2/h3-11,13H,12H2,1-2H3,(H,21,26)(H,23,25). The highest BCUT2D eigenvalue weighted by molar-refractivity contribution is 6.00. The van der Waals surface area contributed by atoms with Gasteiger partial charge >= 0.3 is 0 Å². The highest BCUT2D eigenvalue weighted by Crippen LogP contribution is 2.18. The second-order valence-electron chi connectivity index (χ2n) is 5.89. The fourth-order valence-corrected chi connectivity index (χ4v) is 2.78. The maximum atomic E-state index is 12.2. The molecule has 0 spiro atoms. The largest absolute Gasteiger partial charge is 0.496 e. The van der Waals surface area contributed by atoms with E-state index < -0.39 is 5.91 Å². The van der Waals surface area contributed by atoms with Crippen LogP contribution in [-0.4, -0.2) is 36.3 Å². The monoisotopic (exact) mass is 364 g/mol. The highest BCUT2D eigenvalue weighted by Gasteiger charge is 2.12. The summed E-state index contributed by atoms with van der Waals surface area (Å²) in [6.07, 6.45) is 3.52. The Bertz CT molecular complexity index is 1010. The fourth-order valence-electron chi connectivity index (χ4n) is 2.78. The maximum Gasteiger partial charge on any atom is 0.259 e. The van der Waals surface area contributed by atoms with Crippen LogP contribution in [0.1, 0.15) is 15.9 Å². The molecule has 1 heterocycles. The Morgan fingerprint density at radius 3 is 2.70 bits per heavy atom. The average Bonchev–Trinajstić information content (AvgIpc) is 3.02. The van der Waals surface area contributed by atoms with Crippen molar-refractivity contribution in [1.82, 2.24) is 15.3 Å². The first-order valence-electron chi connectivity index (χ1n) is 8.37. The van der Waals surface area contributed by atoms with Crippen molar-refractivity contribution >= 4 is 28.9 Å². The summed E-state index contributed by atoms with van der Waals surface area (Å²) in [5, 5.41) is 7.57. The number of amides is 2. The molecule has 2 amide bonds. The molecule has 0 radical (unpaired) electrons. The third kappa shape index (κ3) is 4.14. The minimum absolute atomic E-state index is 0.191. The molecule has 2 aromatic carbocycles. The number of aromatic nitrogens is 1. The normalized spacial score (nSPS) is 10.9. The number of ether oxygens (including phenoxy) is 1. The minimum atomic E-state index is -0.422. The van der Waals surface area contributed by atoms with E-state index in [0.717, 1.165) is 16.5 Å². The lowest BCUT2D eigenvalue weighted by Gasteiger charge is -2.08. The molecule has 0 atom stereocenters. The number of carbonyl (C=O) groups excluding carboxylic acids is 2. The molecular formula is C20H20N4O3. The number of hydrazone groups is 1. The van der Waals surface area contributed by atoms with Gasteiger partial charge in [-0.25, -0.2) is 5.43 Å². The average molecular weight is 364 g/mol. The van der Waals surface area contributed by atoms with Gasteiger partial charge in [0.15, 0.2) is 0 Å². The Hall–Kier alpha value is -3.61. The van der Waals surface area contributed by atoms with Crippen molar-refractivity contribution in [3.8, 4) is 5.75 Å². The topological polar surface area (TPSA) is 84.7 Å². The lowest BCUT2D eigenvalue weighted by molar-refractivity contribution is -0.120. The first-order chi connectivity index (χ1) is 13.1. The number of rotatable bonds is 6. The van der Waals surface area contributed by atoms with Crippen molar-refractivity contribution in [3.63, 3.8) is 0 Å². The lowest BCUT2D eigenvalue weighted by Crippen LogP contribution is -2.35. The number of carbonyl (C=O) groups is 2. The van der Waals surface area contributed by atoms with Gasteiger partial charge in [-0.3, -0.25) is 9.59 Å². The van der Waals surface area contributed by atoms with Gasteiger partial charge in [0, 0.05) is 29.7 Å². The van der Waals surface area contributed by atoms with Gasteiger partial charge in [0.05, 0.1) is 25.4 Å². The fraction of sp³-hybridized carbons (Fsp3) is 0.150. The number of fused-ring (bicyclic) bond motifs is 1. The molecule has 0 fully saturated rings. The first kappa shape index (κ1) is 18.2. The summed E-state index contributed by atoms with van der Waals surface area (Å²) in [7, 11) is 3.44. The zero-order chi connectivity index (χ0) is 19.2. The van der Waals surface area contributed by atoms with Crippen molar-refractivity contribution in [1.29, 1.82) is 0 Å². The number of nitrogens with one attached hydrogen (secondary N) is 2. The van der Waals surface area contributed by atoms with Crippen LogP contribution in [0.2, 0.25) is 0 Å². The van der Waals surface area contributed by atoms with Gasteiger partial charge in [-0.15, -0.1) is 0 Å². The molecular weight excluding hydrogens is 344 g/mol. The molecule has 3 rings (SSSR count). The number of nitrogens with zero attached hydrogens (tertiary/aromatic N) is 2. The first-order valence-corrected chi connectivity index (χ1v) is 8.37. The van der Waals surface area contributed by atoms with Gasteiger partial charge in [-0.1, -0.05) is 30.3 Å². The predicted molar refractivity (Wildman–Crippen MR) is 104 cm³/mol. The summed E-state index contributed by atoms with van der Waals surface area (Å²) in [6.45, 7) is -0.191. The zero-order valence-corrected chi connectivity index (χ0v) is 15.1. The van der Waals surface area contributed by atoms with Gasteiger partial charge in [0.2, 0.25) is 0 Å². The van der Waals surface area contributed by atoms with Crippen LogP contribution in [0.25, 0.3) is 10.9 Å². The van der Waals surface area contributed by atoms with Gasteiger partial charge in [-0.2, -0.15) is 5.10 Å². The van der Waals surface area contributed by atoms with E-state index in [1.165, 1.54) is 7.11 Å². The number of hydrogen-bond acceptors (Lipinski definition) is 4. The van der Waals surface area contributed by atoms with Gasteiger partial charge in [0.25, 0.3) is 11.8 Å². The summed E-state index contributed by atoms with van der Waals surface area (Å²) in [5.41, 5.74) is 4.76. The Morgan fingerprint density at radius 1 is 1.15 bits per heavy atom. The number of benzene rings is 2. The van der Waals surface area contributed by atoms with E-state index in [0.29, 0.717) is 11.3 Å². The molecule has 1 aromatic heterocycles. The van der Waals surface area contributed by atoms with Gasteiger partial charge < -0.3 is 14.6 Å². The van der Waals surface area contributed by atoms with Crippen molar-refractivity contribution in [2.45, 2.75) is 0 Å². The minimum Gasteiger partial charge on any atom is -0.496 e. The molecule has 0 saturated carbocycles. The molecule has 0 aliphatic rings. The van der Waals surface area contributed by atoms with Crippen LogP contribution < -0.4 is 15.5 Å². The molecule has 7 heteroatoms. The third-order valence-corrected chi connectivity index (χ3v) is 4.08. The van der Waals surface area contributed by atoms with Crippen molar-refractivity contribution in [2.24, 2.45) is 12.1 Å². The van der Waals surface area contributed by atoms with E-state index >= 15 is 0 Å². The Morgan fingerprint density at radius 2 is 1.89 bits per heavy atom. The zero-order valence-electron chi connectivity index (χ0n) is 15.1. The second-order valence-corrected chi connectivity index (χ2v) is 5.89. The number of para-hydroxylation sites is 2. The number of aryl methyl sites for hydroxylation is 1. The van der Waals surface area contributed by atoms with Crippen molar-refractivity contribution in [2.75, 3.05) is 13.7 Å². The molecule has 2 N–H and O–H groups in total. The van der Waals surface area contributed by atoms with Crippen LogP contribution >= 0.6 is 0 Å². The smallest absolute Gasteiger partial charge is 0.259 e. The molecule has 27 heavy (non-hydrogen) atoms. The molecule has 7 nitrogen and oxygen atoms in total. The third-order valence-electron chi connectivity index (χ3n) is 4.08. The Kier molecular flexibility index (Phi) is 5.51. The van der Waals surface area contributed by atoms with Crippen LogP contribution in [0.5, 0.6) is 5.75 Å². The molecule has 0 bridgehead atoms. The van der Waals surface area contributed by atoms with E-state index in [4.69, 9.17) is 4.74 Å². The maximum absolute atomic E-state index is 12.2. The van der Waals surface area contributed by atoms with Gasteiger partial charge in [0.1, 0.15) is 5.75 Å². The van der Waals surface area contributed by atoms with Crippen LogP contribution in [0.3, 0.4) is 0 Å². The molecule has 138 valence electrons. The second kappa shape index (κ2) is 8.18. The Balaban J connectivity index is 1.56. The van der Waals surface area contributed by atoms with Gasteiger partial charge in [-0.05, 0) is 18.2 Å². The van der Waals surface area contributed by atoms with Crippen molar-refractivity contribution < 1.29 is 14.3 Å². The predicted octanol–water partition coefficient (Wildman–Crippen LogP) is 2.07. The molecule has 0 unspecified atom stereocenters. The SMILES string of the molecule is COc1ccccc1C(=O)NCC(=O)NN=Cc1cn(C)c2ccccc12. The summed E-state index contributed by atoms with van der Waals surface area (Å²) < 4.78 is 7.13. The van der Waals surface area contributed by atoms with Crippen LogP contribution in [-0.2, 0) is 11.8 Å². The quantitative estimate of drug-likeness (QED) is 0.519. The van der Waals surface area contributed by atoms with E-state index in [-0.39, 0.29) is 12.5 Å². The molecule has 0 aliphatic heterocycles. The van der Waals surface area contributed by atoms with Crippen LogP contribution in [0, 0.1) is 0 Å². The van der Waals surface area contributed by atoms with Crippen molar-refractivity contribution in [3.05, 3.63) is 65.9 Å². The lowest BCUT2D eigenvalue weighted by atomic mass is 10.2. The summed E-state index contributed by atoms with van der Waals surface area (Å²) in [5.74, 6) is -0.361. The number of hydrogen-bond donors (Lipinski definition) is 2. The van der Waals surface area contributed by atoms with E-state index in [1.54, 1.807) is 30.5 Å². The Labute approximate surface area is 156 Å². The van der Waals surface area contributed by atoms with E-state index in [2.05, 4.69) is 15.8 Å². The molecule has 3 aromatic rings. The number of methoxy groups -OCH3 is 1. The van der Waals surface area contributed by atoms with Crippen LogP contribution in [0.4, 0.5) is 0 Å². The highest BCUT2D eigenvalue weighted by atomic mass is 16.5. The van der Waals surface area contributed by atoms with Crippen LogP contribution in [0.15, 0.2) is 59.8 Å². The van der Waals surface area contributed by atoms with E-state index in [1.807, 2.05) is 42.1 Å². The molecule has 0 aliphatic carbocycles. The van der Waals surface area contributed by atoms with E-state index in [9.17, 15) is 9.59 Å².